The first-order chi connectivity index (χ1) is 7.25. The molecule has 1 aliphatic carbocycles. The molecule has 1 aliphatic rings. The summed E-state index contributed by atoms with van der Waals surface area (Å²) in [7, 11) is 0. The van der Waals surface area contributed by atoms with E-state index >= 15 is 0 Å². The highest BCUT2D eigenvalue weighted by molar-refractivity contribution is 5.78. The van der Waals surface area contributed by atoms with Gasteiger partial charge in [-0.1, -0.05) is 18.0 Å². The van der Waals surface area contributed by atoms with E-state index in [2.05, 4.69) is 10.5 Å². The highest BCUT2D eigenvalue weighted by Gasteiger charge is 2.22. The molecule has 2 rings (SSSR count). The van der Waals surface area contributed by atoms with Crippen LogP contribution < -0.4 is 5.32 Å². The maximum atomic E-state index is 11.7. The lowest BCUT2D eigenvalue weighted by Gasteiger charge is -2.08. The second-order valence-electron chi connectivity index (χ2n) is 4.13. The van der Waals surface area contributed by atoms with Gasteiger partial charge in [0.1, 0.15) is 11.5 Å². The van der Waals surface area contributed by atoms with Crippen molar-refractivity contribution in [3.63, 3.8) is 0 Å². The molecule has 1 saturated carbocycles. The maximum absolute atomic E-state index is 11.7. The summed E-state index contributed by atoms with van der Waals surface area (Å²) in [6, 6.07) is 1.84. The molecule has 82 valence electrons. The number of rotatable bonds is 3. The number of aryl methyl sites for hydroxylation is 1. The van der Waals surface area contributed by atoms with E-state index in [0.29, 0.717) is 6.54 Å². The Kier molecular flexibility index (Phi) is 3.04. The van der Waals surface area contributed by atoms with Crippen LogP contribution in [0, 0.1) is 12.8 Å². The monoisotopic (exact) mass is 208 g/mol. The molecule has 1 aromatic rings. The molecular weight excluding hydrogens is 192 g/mol. The third kappa shape index (κ3) is 2.58. The van der Waals surface area contributed by atoms with Gasteiger partial charge in [-0.3, -0.25) is 4.79 Å². The molecule has 0 aromatic carbocycles. The van der Waals surface area contributed by atoms with Crippen LogP contribution >= 0.6 is 0 Å². The Hall–Kier alpha value is -1.32. The fourth-order valence-electron chi connectivity index (χ4n) is 2.01. The molecule has 1 fully saturated rings. The first-order valence-electron chi connectivity index (χ1n) is 5.45. The summed E-state index contributed by atoms with van der Waals surface area (Å²) in [6.07, 6.45) is 4.43. The van der Waals surface area contributed by atoms with Crippen molar-refractivity contribution in [3.8, 4) is 0 Å². The Balaban J connectivity index is 1.80. The van der Waals surface area contributed by atoms with Crippen LogP contribution in [0.4, 0.5) is 0 Å². The molecule has 0 bridgehead atoms. The Morgan fingerprint density at radius 3 is 2.93 bits per heavy atom. The lowest BCUT2D eigenvalue weighted by Crippen LogP contribution is -2.28. The fraction of sp³-hybridized carbons (Fsp3) is 0.636. The van der Waals surface area contributed by atoms with Gasteiger partial charge < -0.3 is 9.84 Å². The summed E-state index contributed by atoms with van der Waals surface area (Å²) in [5, 5.41) is 6.72. The van der Waals surface area contributed by atoms with Gasteiger partial charge in [0.05, 0.1) is 6.54 Å². The van der Waals surface area contributed by atoms with Crippen LogP contribution in [0.3, 0.4) is 0 Å². The van der Waals surface area contributed by atoms with Gasteiger partial charge in [-0.25, -0.2) is 0 Å². The summed E-state index contributed by atoms with van der Waals surface area (Å²) in [5.41, 5.74) is 0.791. The van der Waals surface area contributed by atoms with Crippen LogP contribution in [-0.4, -0.2) is 11.1 Å². The zero-order valence-corrected chi connectivity index (χ0v) is 8.95. The molecule has 1 aromatic heterocycles. The average Bonchev–Trinajstić information content (AvgIpc) is 2.84. The normalized spacial score (nSPS) is 16.9. The van der Waals surface area contributed by atoms with E-state index in [9.17, 15) is 4.79 Å². The molecule has 1 N–H and O–H groups in total. The van der Waals surface area contributed by atoms with Gasteiger partial charge >= 0.3 is 0 Å². The van der Waals surface area contributed by atoms with Gasteiger partial charge in [-0.15, -0.1) is 0 Å². The second-order valence-corrected chi connectivity index (χ2v) is 4.13. The SMILES string of the molecule is Cc1cc(CNC(=O)C2CCCC2)no1. The largest absolute Gasteiger partial charge is 0.361 e. The number of carbonyl (C=O) groups is 1. The first kappa shape index (κ1) is 10.2. The van der Waals surface area contributed by atoms with Crippen LogP contribution in [0.5, 0.6) is 0 Å². The van der Waals surface area contributed by atoms with Crippen molar-refractivity contribution in [2.24, 2.45) is 5.92 Å². The van der Waals surface area contributed by atoms with Crippen molar-refractivity contribution in [1.29, 1.82) is 0 Å². The predicted octanol–water partition coefficient (Wildman–Crippen LogP) is 1.79. The summed E-state index contributed by atoms with van der Waals surface area (Å²) < 4.78 is 4.92. The van der Waals surface area contributed by atoms with Crippen LogP contribution in [0.25, 0.3) is 0 Å². The van der Waals surface area contributed by atoms with Crippen molar-refractivity contribution >= 4 is 5.91 Å². The Morgan fingerprint density at radius 2 is 2.33 bits per heavy atom. The number of hydrogen-bond donors (Lipinski definition) is 1. The Morgan fingerprint density at radius 1 is 1.60 bits per heavy atom. The molecule has 0 atom stereocenters. The number of carbonyl (C=O) groups excluding carboxylic acids is 1. The van der Waals surface area contributed by atoms with Crippen LogP contribution in [0.1, 0.15) is 37.1 Å². The van der Waals surface area contributed by atoms with Crippen LogP contribution in [-0.2, 0) is 11.3 Å². The summed E-state index contributed by atoms with van der Waals surface area (Å²) in [5.74, 6) is 1.16. The Labute approximate surface area is 89.0 Å². The quantitative estimate of drug-likeness (QED) is 0.823. The Bertz CT molecular complexity index is 340. The van der Waals surface area contributed by atoms with E-state index in [-0.39, 0.29) is 11.8 Å². The third-order valence-electron chi connectivity index (χ3n) is 2.85. The lowest BCUT2D eigenvalue weighted by molar-refractivity contribution is -0.124. The lowest BCUT2D eigenvalue weighted by atomic mass is 10.1. The number of nitrogens with zero attached hydrogens (tertiary/aromatic N) is 1. The van der Waals surface area contributed by atoms with Crippen molar-refractivity contribution in [1.82, 2.24) is 10.5 Å². The molecule has 0 radical (unpaired) electrons. The van der Waals surface area contributed by atoms with Gasteiger partial charge in [0.25, 0.3) is 0 Å². The standard InChI is InChI=1S/C11H16N2O2/c1-8-6-10(13-15-8)7-12-11(14)9-4-2-3-5-9/h6,9H,2-5,7H2,1H3,(H,12,14). The van der Waals surface area contributed by atoms with Crippen molar-refractivity contribution in [2.75, 3.05) is 0 Å². The van der Waals surface area contributed by atoms with E-state index in [4.69, 9.17) is 4.52 Å². The summed E-state index contributed by atoms with van der Waals surface area (Å²) in [6.45, 7) is 2.32. The zero-order valence-electron chi connectivity index (χ0n) is 8.95. The van der Waals surface area contributed by atoms with Crippen LogP contribution in [0.2, 0.25) is 0 Å². The minimum absolute atomic E-state index is 0.160. The minimum atomic E-state index is 0.160. The molecule has 0 unspecified atom stereocenters. The molecule has 4 heteroatoms. The van der Waals surface area contributed by atoms with Crippen molar-refractivity contribution < 1.29 is 9.32 Å². The zero-order chi connectivity index (χ0) is 10.7. The number of nitrogens with one attached hydrogen (secondary N) is 1. The fourth-order valence-corrected chi connectivity index (χ4v) is 2.01. The molecule has 1 heterocycles. The van der Waals surface area contributed by atoms with Gasteiger partial charge in [0.2, 0.25) is 5.91 Å². The van der Waals surface area contributed by atoms with Crippen molar-refractivity contribution in [3.05, 3.63) is 17.5 Å². The molecule has 1 amide bonds. The van der Waals surface area contributed by atoms with E-state index in [1.165, 1.54) is 12.8 Å². The minimum Gasteiger partial charge on any atom is -0.361 e. The third-order valence-corrected chi connectivity index (χ3v) is 2.85. The summed E-state index contributed by atoms with van der Waals surface area (Å²) in [4.78, 5) is 11.7. The topological polar surface area (TPSA) is 55.1 Å². The number of amides is 1. The molecule has 4 nitrogen and oxygen atoms in total. The van der Waals surface area contributed by atoms with Crippen molar-refractivity contribution in [2.45, 2.75) is 39.2 Å². The van der Waals surface area contributed by atoms with E-state index < -0.39 is 0 Å². The smallest absolute Gasteiger partial charge is 0.223 e. The molecule has 0 saturated heterocycles. The van der Waals surface area contributed by atoms with E-state index in [0.717, 1.165) is 24.3 Å². The maximum Gasteiger partial charge on any atom is 0.223 e. The summed E-state index contributed by atoms with van der Waals surface area (Å²) >= 11 is 0. The molecule has 15 heavy (non-hydrogen) atoms. The number of aromatic nitrogens is 1. The predicted molar refractivity (Wildman–Crippen MR) is 55.0 cm³/mol. The highest BCUT2D eigenvalue weighted by Crippen LogP contribution is 2.24. The van der Waals surface area contributed by atoms with Gasteiger partial charge in [0, 0.05) is 12.0 Å². The van der Waals surface area contributed by atoms with E-state index in [1.807, 2.05) is 13.0 Å². The second kappa shape index (κ2) is 4.47. The van der Waals surface area contributed by atoms with E-state index in [1.54, 1.807) is 0 Å². The van der Waals surface area contributed by atoms with Crippen LogP contribution in [0.15, 0.2) is 10.6 Å². The highest BCUT2D eigenvalue weighted by atomic mass is 16.5. The van der Waals surface area contributed by atoms with Gasteiger partial charge in [-0.05, 0) is 19.8 Å². The molecular formula is C11H16N2O2. The number of hydrogen-bond acceptors (Lipinski definition) is 3. The molecule has 0 aliphatic heterocycles. The average molecular weight is 208 g/mol. The van der Waals surface area contributed by atoms with Gasteiger partial charge in [0.15, 0.2) is 0 Å². The molecule has 0 spiro atoms. The first-order valence-corrected chi connectivity index (χ1v) is 5.45. The van der Waals surface area contributed by atoms with Gasteiger partial charge in [-0.2, -0.15) is 0 Å².